The summed E-state index contributed by atoms with van der Waals surface area (Å²) in [6.07, 6.45) is 5.84. The zero-order chi connectivity index (χ0) is 15.2. The van der Waals surface area contributed by atoms with E-state index in [9.17, 15) is 4.79 Å². The molecule has 0 spiro atoms. The molecule has 0 saturated carbocycles. The lowest BCUT2D eigenvalue weighted by Gasteiger charge is -2.21. The number of hydrogen-bond acceptors (Lipinski definition) is 3. The third kappa shape index (κ3) is 6.33. The maximum Gasteiger partial charge on any atom is 0.334 e. The van der Waals surface area contributed by atoms with Crippen LogP contribution in [0.15, 0.2) is 11.6 Å². The summed E-state index contributed by atoms with van der Waals surface area (Å²) in [5.41, 5.74) is 0.418. The van der Waals surface area contributed by atoms with Crippen LogP contribution in [0.4, 0.5) is 0 Å². The van der Waals surface area contributed by atoms with Crippen molar-refractivity contribution >= 4 is 12.2 Å². The molecule has 0 radical (unpaired) electrons. The zero-order valence-electron chi connectivity index (χ0n) is 13.6. The van der Waals surface area contributed by atoms with Gasteiger partial charge in [0.15, 0.2) is 6.54 Å². The van der Waals surface area contributed by atoms with Crippen molar-refractivity contribution in [3.63, 3.8) is 0 Å². The Morgan fingerprint density at radius 1 is 1.45 bits per heavy atom. The van der Waals surface area contributed by atoms with Gasteiger partial charge < -0.3 is 4.74 Å². The summed E-state index contributed by atoms with van der Waals surface area (Å²) in [7, 11) is 2.09. The number of nitrogens with zero attached hydrogens (tertiary/aromatic N) is 2. The molecule has 1 aliphatic rings. The molecule has 1 rings (SSSR count). The van der Waals surface area contributed by atoms with Crippen molar-refractivity contribution in [3.8, 4) is 0 Å². The topological polar surface area (TPSA) is 32.5 Å². The van der Waals surface area contributed by atoms with Gasteiger partial charge in [0, 0.05) is 25.6 Å². The molecule has 4 nitrogen and oxygen atoms in total. The Kier molecular flexibility index (Phi) is 6.40. The first-order valence-corrected chi connectivity index (χ1v) is 7.46. The van der Waals surface area contributed by atoms with Gasteiger partial charge in [-0.05, 0) is 33.6 Å². The Balaban J connectivity index is 2.45. The number of carbonyl (C=O) groups is 1. The number of ether oxygens (including phenoxy) is 1. The van der Waals surface area contributed by atoms with Crippen LogP contribution < -0.4 is 0 Å². The van der Waals surface area contributed by atoms with E-state index in [0.29, 0.717) is 0 Å². The van der Waals surface area contributed by atoms with Crippen LogP contribution in [0.25, 0.3) is 0 Å². The minimum atomic E-state index is -0.413. The molecule has 0 aliphatic carbocycles. The van der Waals surface area contributed by atoms with E-state index < -0.39 is 5.60 Å². The molecule has 0 bridgehead atoms. The molecule has 4 heteroatoms. The molecule has 0 aromatic heterocycles. The molecule has 20 heavy (non-hydrogen) atoms. The highest BCUT2D eigenvalue weighted by Crippen LogP contribution is 2.16. The van der Waals surface area contributed by atoms with Crippen LogP contribution in [0, 0.1) is 0 Å². The molecule has 0 aromatic rings. The largest absolute Gasteiger partial charge is 0.457 e. The molecule has 0 N–H and O–H groups in total. The molecule has 114 valence electrons. The molecule has 1 heterocycles. The number of hydrogen-bond donors (Lipinski definition) is 0. The molecule has 0 saturated heterocycles. The summed E-state index contributed by atoms with van der Waals surface area (Å²) in [6.45, 7) is 11.8. The van der Waals surface area contributed by atoms with Crippen molar-refractivity contribution in [3.05, 3.63) is 11.6 Å². The molecule has 0 unspecified atom stereocenters. The highest BCUT2D eigenvalue weighted by Gasteiger charge is 2.21. The van der Waals surface area contributed by atoms with Crippen LogP contribution in [0.3, 0.4) is 0 Å². The van der Waals surface area contributed by atoms with Crippen LogP contribution in [0.1, 0.15) is 40.5 Å². The number of esters is 1. The van der Waals surface area contributed by atoms with Crippen molar-refractivity contribution in [2.24, 2.45) is 0 Å². The van der Waals surface area contributed by atoms with Gasteiger partial charge in [-0.3, -0.25) is 4.90 Å². The Labute approximate surface area is 123 Å². The summed E-state index contributed by atoms with van der Waals surface area (Å²) in [6, 6.07) is 0. The predicted molar refractivity (Wildman–Crippen MR) is 82.4 cm³/mol. The molecule has 0 atom stereocenters. The second kappa shape index (κ2) is 7.58. The summed E-state index contributed by atoms with van der Waals surface area (Å²) < 4.78 is 7.63. The van der Waals surface area contributed by atoms with Gasteiger partial charge >= 0.3 is 5.97 Å². The second-order valence-corrected chi connectivity index (χ2v) is 6.35. The van der Waals surface area contributed by atoms with Crippen LogP contribution in [0.5, 0.6) is 0 Å². The monoisotopic (exact) mass is 281 g/mol. The quantitative estimate of drug-likeness (QED) is 0.449. The first-order chi connectivity index (χ1) is 9.31. The van der Waals surface area contributed by atoms with Crippen LogP contribution >= 0.6 is 0 Å². The van der Waals surface area contributed by atoms with Gasteiger partial charge in [0.2, 0.25) is 0 Å². The van der Waals surface area contributed by atoms with E-state index in [1.165, 1.54) is 0 Å². The van der Waals surface area contributed by atoms with E-state index in [1.54, 1.807) is 0 Å². The molecule has 0 amide bonds. The summed E-state index contributed by atoms with van der Waals surface area (Å²) >= 11 is 0. The van der Waals surface area contributed by atoms with Gasteiger partial charge in [0.25, 0.3) is 0 Å². The Morgan fingerprint density at radius 3 is 2.75 bits per heavy atom. The predicted octanol–water partition coefficient (Wildman–Crippen LogP) is 2.08. The summed E-state index contributed by atoms with van der Waals surface area (Å²) in [5.74, 6) is -0.154. The van der Waals surface area contributed by atoms with E-state index in [2.05, 4.69) is 22.7 Å². The molecular formula is C16H29N2O2+. The van der Waals surface area contributed by atoms with Crippen LogP contribution in [0.2, 0.25) is 0 Å². The number of rotatable bonds is 4. The Bertz CT molecular complexity index is 392. The van der Waals surface area contributed by atoms with Crippen molar-refractivity contribution in [2.75, 3.05) is 33.2 Å². The lowest BCUT2D eigenvalue weighted by atomic mass is 10.1. The summed E-state index contributed by atoms with van der Waals surface area (Å²) in [4.78, 5) is 14.5. The second-order valence-electron chi connectivity index (χ2n) is 6.35. The van der Waals surface area contributed by atoms with Crippen molar-refractivity contribution in [1.82, 2.24) is 4.90 Å². The minimum Gasteiger partial charge on any atom is -0.457 e. The minimum absolute atomic E-state index is 0.154. The van der Waals surface area contributed by atoms with Gasteiger partial charge in [0.1, 0.15) is 18.9 Å². The Hall–Kier alpha value is -1.16. The maximum absolute atomic E-state index is 12.1. The molecule has 0 fully saturated rings. The number of likely N-dealkylation sites (N-methyl/N-ethyl adjacent to an activating group) is 1. The maximum atomic E-state index is 12.1. The van der Waals surface area contributed by atoms with Crippen molar-refractivity contribution in [2.45, 2.75) is 46.1 Å². The van der Waals surface area contributed by atoms with Crippen molar-refractivity contribution < 1.29 is 14.1 Å². The fourth-order valence-corrected chi connectivity index (χ4v) is 2.09. The highest BCUT2D eigenvalue weighted by atomic mass is 16.6. The van der Waals surface area contributed by atoms with Crippen LogP contribution in [-0.2, 0) is 9.53 Å². The Morgan fingerprint density at radius 2 is 2.15 bits per heavy atom. The average Bonchev–Trinajstić information content (AvgIpc) is 2.59. The lowest BCUT2D eigenvalue weighted by molar-refractivity contribution is -0.493. The molecular weight excluding hydrogens is 252 g/mol. The molecule has 0 aromatic carbocycles. The first kappa shape index (κ1) is 16.9. The zero-order valence-corrected chi connectivity index (χ0v) is 13.6. The van der Waals surface area contributed by atoms with Gasteiger partial charge in [-0.2, -0.15) is 0 Å². The standard InChI is InChI=1S/C16H29N2O2/c1-6-17(5)12-13-18-10-7-8-14(9-11-18)15(19)20-16(2,3)4/h6,8H,7,9-13H2,1-5H3/q+1. The smallest absolute Gasteiger partial charge is 0.334 e. The SMILES string of the molecule is CC=[N+](C)CCN1CCC=C(C(=O)OC(C)(C)C)CC1. The van der Waals surface area contributed by atoms with E-state index >= 15 is 0 Å². The van der Waals surface area contributed by atoms with Crippen molar-refractivity contribution in [1.29, 1.82) is 0 Å². The lowest BCUT2D eigenvalue weighted by Crippen LogP contribution is -2.31. The normalized spacial score (nSPS) is 18.4. The molecule has 1 aliphatic heterocycles. The van der Waals surface area contributed by atoms with Crippen LogP contribution in [-0.4, -0.2) is 60.5 Å². The average molecular weight is 281 g/mol. The van der Waals surface area contributed by atoms with Gasteiger partial charge in [-0.25, -0.2) is 9.37 Å². The van der Waals surface area contributed by atoms with Gasteiger partial charge in [-0.1, -0.05) is 6.08 Å². The fourth-order valence-electron chi connectivity index (χ4n) is 2.09. The highest BCUT2D eigenvalue weighted by molar-refractivity contribution is 5.88. The first-order valence-electron chi connectivity index (χ1n) is 7.46. The third-order valence-electron chi connectivity index (χ3n) is 3.40. The fraction of sp³-hybridized carbons (Fsp3) is 0.750. The third-order valence-corrected chi connectivity index (χ3v) is 3.40. The van der Waals surface area contributed by atoms with E-state index in [0.717, 1.165) is 44.6 Å². The van der Waals surface area contributed by atoms with E-state index in [4.69, 9.17) is 4.74 Å². The van der Waals surface area contributed by atoms with E-state index in [1.807, 2.05) is 33.8 Å². The van der Waals surface area contributed by atoms with E-state index in [-0.39, 0.29) is 5.97 Å². The van der Waals surface area contributed by atoms with Gasteiger partial charge in [0.05, 0.1) is 6.54 Å². The number of carbonyl (C=O) groups excluding carboxylic acids is 1. The summed E-state index contributed by atoms with van der Waals surface area (Å²) in [5, 5.41) is 0. The van der Waals surface area contributed by atoms with Gasteiger partial charge in [-0.15, -0.1) is 0 Å².